The molecule has 0 aliphatic carbocycles. The Bertz CT molecular complexity index is 1560. The van der Waals surface area contributed by atoms with Gasteiger partial charge in [-0.15, -0.1) is 0 Å². The lowest BCUT2D eigenvalue weighted by Gasteiger charge is -2.28. The van der Waals surface area contributed by atoms with Crippen LogP contribution in [0.25, 0.3) is 11.1 Å². The number of amides is 2. The SMILES string of the molecule is O=C1N[C@H](CCCC(O)c2ccc(F)cc2)[C@@H](c2ccc(-c3ccc(P(=O)(O)O)cc3)cc2O)N1c1ccccc1. The summed E-state index contributed by atoms with van der Waals surface area (Å²) in [4.78, 5) is 33.6. The minimum absolute atomic E-state index is 0.0275. The number of phenols is 1. The molecule has 8 nitrogen and oxygen atoms in total. The highest BCUT2D eigenvalue weighted by atomic mass is 31.2. The topological polar surface area (TPSA) is 130 Å². The number of nitrogens with zero attached hydrogens (tertiary/aromatic N) is 1. The second-order valence-corrected chi connectivity index (χ2v) is 11.7. The molecule has 0 bridgehead atoms. The Morgan fingerprint density at radius 3 is 2.20 bits per heavy atom. The van der Waals surface area contributed by atoms with E-state index >= 15 is 0 Å². The van der Waals surface area contributed by atoms with Crippen molar-refractivity contribution in [1.82, 2.24) is 5.32 Å². The summed E-state index contributed by atoms with van der Waals surface area (Å²) in [6, 6.07) is 24.6. The Labute approximate surface area is 236 Å². The van der Waals surface area contributed by atoms with E-state index in [2.05, 4.69) is 5.32 Å². The minimum Gasteiger partial charge on any atom is -0.508 e. The van der Waals surface area contributed by atoms with Crippen molar-refractivity contribution in [3.05, 3.63) is 114 Å². The Kier molecular flexibility index (Phi) is 8.24. The maximum Gasteiger partial charge on any atom is 0.356 e. The van der Waals surface area contributed by atoms with Crippen LogP contribution in [-0.4, -0.2) is 32.1 Å². The number of aromatic hydroxyl groups is 1. The second-order valence-electron chi connectivity index (χ2n) is 10.1. The molecule has 0 radical (unpaired) electrons. The van der Waals surface area contributed by atoms with Gasteiger partial charge in [-0.1, -0.05) is 54.6 Å². The molecule has 1 saturated heterocycles. The van der Waals surface area contributed by atoms with Gasteiger partial charge in [-0.3, -0.25) is 9.46 Å². The molecule has 1 fully saturated rings. The number of carbonyl (C=O) groups excluding carboxylic acids is 1. The first-order valence-corrected chi connectivity index (χ1v) is 14.8. The lowest BCUT2D eigenvalue weighted by molar-refractivity contribution is 0.162. The highest BCUT2D eigenvalue weighted by Gasteiger charge is 2.42. The summed E-state index contributed by atoms with van der Waals surface area (Å²) in [5.41, 5.74) is 3.13. The average Bonchev–Trinajstić information content (AvgIpc) is 3.28. The minimum atomic E-state index is -4.37. The summed E-state index contributed by atoms with van der Waals surface area (Å²) in [5.74, 6) is -0.400. The van der Waals surface area contributed by atoms with E-state index < -0.39 is 19.7 Å². The molecule has 0 spiro atoms. The number of rotatable bonds is 9. The smallest absolute Gasteiger partial charge is 0.356 e. The first kappa shape index (κ1) is 28.5. The van der Waals surface area contributed by atoms with Crippen molar-refractivity contribution in [3.8, 4) is 16.9 Å². The van der Waals surface area contributed by atoms with Crippen molar-refractivity contribution in [2.24, 2.45) is 0 Å². The molecule has 5 N–H and O–H groups in total. The van der Waals surface area contributed by atoms with E-state index in [4.69, 9.17) is 0 Å². The molecular weight excluding hydrogens is 546 g/mol. The van der Waals surface area contributed by atoms with Crippen molar-refractivity contribution < 1.29 is 33.7 Å². The van der Waals surface area contributed by atoms with Gasteiger partial charge in [0.2, 0.25) is 0 Å². The van der Waals surface area contributed by atoms with Gasteiger partial charge in [0.25, 0.3) is 0 Å². The molecular formula is C31H30FN2O6P. The normalized spacial score (nSPS) is 17.9. The van der Waals surface area contributed by atoms with Gasteiger partial charge in [0.1, 0.15) is 11.6 Å². The average molecular weight is 577 g/mol. The quantitative estimate of drug-likeness (QED) is 0.166. The summed E-state index contributed by atoms with van der Waals surface area (Å²) in [6.45, 7) is 0. The van der Waals surface area contributed by atoms with Crippen LogP contribution in [0.1, 0.15) is 42.5 Å². The van der Waals surface area contributed by atoms with E-state index in [0.717, 1.165) is 0 Å². The number of aliphatic hydroxyl groups excluding tert-OH is 1. The molecule has 2 amide bonds. The van der Waals surface area contributed by atoms with Crippen molar-refractivity contribution in [1.29, 1.82) is 0 Å². The maximum atomic E-state index is 13.3. The van der Waals surface area contributed by atoms with Crippen LogP contribution < -0.4 is 15.5 Å². The van der Waals surface area contributed by atoms with Crippen LogP contribution in [0.3, 0.4) is 0 Å². The third kappa shape index (κ3) is 6.34. The van der Waals surface area contributed by atoms with Crippen LogP contribution >= 0.6 is 7.60 Å². The molecule has 10 heteroatoms. The van der Waals surface area contributed by atoms with Gasteiger partial charge in [0, 0.05) is 11.3 Å². The maximum absolute atomic E-state index is 13.3. The molecule has 1 heterocycles. The molecule has 1 unspecified atom stereocenters. The zero-order valence-corrected chi connectivity index (χ0v) is 22.9. The second kappa shape index (κ2) is 11.8. The number of nitrogens with one attached hydrogen (secondary N) is 1. The molecule has 1 aliphatic heterocycles. The summed E-state index contributed by atoms with van der Waals surface area (Å²) in [7, 11) is -4.37. The number of urea groups is 1. The molecule has 212 valence electrons. The summed E-state index contributed by atoms with van der Waals surface area (Å²) in [6.07, 6.45) is 0.711. The predicted molar refractivity (Wildman–Crippen MR) is 154 cm³/mol. The summed E-state index contributed by atoms with van der Waals surface area (Å²) in [5, 5.41) is 24.7. The van der Waals surface area contributed by atoms with Gasteiger partial charge in [0.15, 0.2) is 0 Å². The number of phenolic OH excluding ortho intramolecular Hbond substituents is 1. The molecule has 1 aliphatic rings. The molecule has 41 heavy (non-hydrogen) atoms. The molecule has 4 aromatic carbocycles. The summed E-state index contributed by atoms with van der Waals surface area (Å²) >= 11 is 0. The first-order valence-electron chi connectivity index (χ1n) is 13.2. The Morgan fingerprint density at radius 1 is 0.902 bits per heavy atom. The van der Waals surface area contributed by atoms with Crippen molar-refractivity contribution in [3.63, 3.8) is 0 Å². The van der Waals surface area contributed by atoms with E-state index in [1.54, 1.807) is 47.4 Å². The van der Waals surface area contributed by atoms with Crippen molar-refractivity contribution >= 4 is 24.6 Å². The van der Waals surface area contributed by atoms with E-state index in [1.165, 1.54) is 24.3 Å². The third-order valence-electron chi connectivity index (χ3n) is 7.35. The molecule has 4 aromatic rings. The number of hydrogen-bond acceptors (Lipinski definition) is 4. The lowest BCUT2D eigenvalue weighted by Crippen LogP contribution is -2.29. The molecule has 0 aromatic heterocycles. The van der Waals surface area contributed by atoms with Crippen molar-refractivity contribution in [2.45, 2.75) is 37.5 Å². The monoisotopic (exact) mass is 576 g/mol. The number of halogens is 1. The number of anilines is 1. The highest BCUT2D eigenvalue weighted by Crippen LogP contribution is 2.41. The van der Waals surface area contributed by atoms with Gasteiger partial charge in [-0.2, -0.15) is 0 Å². The van der Waals surface area contributed by atoms with E-state index in [1.807, 2.05) is 30.3 Å². The largest absolute Gasteiger partial charge is 0.508 e. The number of hydrogen-bond donors (Lipinski definition) is 5. The predicted octanol–water partition coefficient (Wildman–Crippen LogP) is 5.54. The fourth-order valence-corrected chi connectivity index (χ4v) is 5.81. The summed E-state index contributed by atoms with van der Waals surface area (Å²) < 4.78 is 24.8. The lowest BCUT2D eigenvalue weighted by atomic mass is 9.92. The number of benzene rings is 4. The molecule has 3 atom stereocenters. The van der Waals surface area contributed by atoms with Crippen LogP contribution in [0.4, 0.5) is 14.9 Å². The number of aliphatic hydroxyl groups is 1. The van der Waals surface area contributed by atoms with Gasteiger partial charge < -0.3 is 25.3 Å². The van der Waals surface area contributed by atoms with Crippen LogP contribution in [-0.2, 0) is 4.57 Å². The molecule has 5 rings (SSSR count). The first-order chi connectivity index (χ1) is 19.6. The van der Waals surface area contributed by atoms with E-state index in [9.17, 15) is 33.7 Å². The zero-order valence-electron chi connectivity index (χ0n) is 22.0. The van der Waals surface area contributed by atoms with Crippen molar-refractivity contribution in [2.75, 3.05) is 4.90 Å². The van der Waals surface area contributed by atoms with Crippen LogP contribution in [0, 0.1) is 5.82 Å². The van der Waals surface area contributed by atoms with Crippen LogP contribution in [0.2, 0.25) is 0 Å². The Balaban J connectivity index is 1.40. The highest BCUT2D eigenvalue weighted by molar-refractivity contribution is 7.60. The fourth-order valence-electron chi connectivity index (χ4n) is 5.27. The number of para-hydroxylation sites is 1. The van der Waals surface area contributed by atoms with Crippen LogP contribution in [0.15, 0.2) is 97.1 Å². The number of carbonyl (C=O) groups is 1. The standard InChI is InChI=1S/C31H30FN2O6P/c32-23-14-9-21(10-15-23)28(35)8-4-7-27-30(34(31(37)33-27)24-5-2-1-3-6-24)26-18-13-22(19-29(26)36)20-11-16-25(17-12-20)41(38,39)40/h1-3,5-6,9-19,27-28,30,35-36H,4,7-8H2,(H,33,37)(H2,38,39,40)/t27-,28?,30-/m1/s1. The van der Waals surface area contributed by atoms with Gasteiger partial charge in [-0.05, 0) is 78.4 Å². The van der Waals surface area contributed by atoms with Crippen LogP contribution in [0.5, 0.6) is 5.75 Å². The third-order valence-corrected chi connectivity index (χ3v) is 8.33. The Hall–Kier alpha value is -4.01. The fraction of sp³-hybridized carbons (Fsp3) is 0.194. The molecule has 0 saturated carbocycles. The van der Waals surface area contributed by atoms with Gasteiger partial charge >= 0.3 is 13.6 Å². The van der Waals surface area contributed by atoms with Gasteiger partial charge in [0.05, 0.1) is 23.5 Å². The van der Waals surface area contributed by atoms with E-state index in [0.29, 0.717) is 47.2 Å². The Morgan fingerprint density at radius 2 is 1.56 bits per heavy atom. The van der Waals surface area contributed by atoms with E-state index in [-0.39, 0.29) is 28.9 Å². The van der Waals surface area contributed by atoms with Gasteiger partial charge in [-0.25, -0.2) is 9.18 Å². The zero-order chi connectivity index (χ0) is 29.1.